The molecule has 0 bridgehead atoms. The number of carboxylic acids is 1. The van der Waals surface area contributed by atoms with Gasteiger partial charge >= 0.3 is 5.97 Å². The molecule has 0 aromatic carbocycles. The van der Waals surface area contributed by atoms with Gasteiger partial charge < -0.3 is 35.8 Å². The van der Waals surface area contributed by atoms with Crippen LogP contribution in [0.1, 0.15) is 33.1 Å². The Kier molecular flexibility index (Phi) is 16.5. The minimum atomic E-state index is -1.05. The molecule has 0 spiro atoms. The molecule has 0 aromatic heterocycles. The number of aliphatic carboxylic acids is 1. The average molecular weight is 447 g/mol. The van der Waals surface area contributed by atoms with E-state index in [9.17, 15) is 24.0 Å². The number of hydrogen-bond acceptors (Lipinski definition) is 7. The molecule has 5 N–H and O–H groups in total. The molecular weight excluding hydrogens is 412 g/mol. The lowest BCUT2D eigenvalue weighted by molar-refractivity contribution is -0.143. The molecule has 0 fully saturated rings. The summed E-state index contributed by atoms with van der Waals surface area (Å²) in [5.74, 6) is -2.93. The van der Waals surface area contributed by atoms with E-state index in [2.05, 4.69) is 21.3 Å². The van der Waals surface area contributed by atoms with E-state index in [0.29, 0.717) is 26.2 Å². The van der Waals surface area contributed by atoms with Crippen LogP contribution in [0.5, 0.6) is 0 Å². The zero-order valence-corrected chi connectivity index (χ0v) is 18.2. The smallest absolute Gasteiger partial charge is 0.306 e. The van der Waals surface area contributed by atoms with Crippen molar-refractivity contribution in [1.29, 1.82) is 0 Å². The predicted molar refractivity (Wildman–Crippen MR) is 110 cm³/mol. The molecule has 178 valence electrons. The van der Waals surface area contributed by atoms with Crippen molar-refractivity contribution in [2.24, 2.45) is 5.92 Å². The van der Waals surface area contributed by atoms with Crippen molar-refractivity contribution in [2.45, 2.75) is 33.1 Å². The molecule has 0 heterocycles. The third-order valence-corrected chi connectivity index (χ3v) is 3.85. The van der Waals surface area contributed by atoms with Crippen LogP contribution >= 0.6 is 0 Å². The third-order valence-electron chi connectivity index (χ3n) is 3.85. The van der Waals surface area contributed by atoms with Crippen molar-refractivity contribution < 1.29 is 38.6 Å². The number of carboxylic acid groups (broad SMARTS) is 1. The number of ether oxygens (including phenoxy) is 2. The first-order chi connectivity index (χ1) is 14.8. The van der Waals surface area contributed by atoms with Gasteiger partial charge in [0.25, 0.3) is 0 Å². The highest BCUT2D eigenvalue weighted by Gasteiger charge is 2.15. The maximum Gasteiger partial charge on any atom is 0.306 e. The van der Waals surface area contributed by atoms with Gasteiger partial charge in [-0.15, -0.1) is 0 Å². The first-order valence-electron chi connectivity index (χ1n) is 10.2. The summed E-state index contributed by atoms with van der Waals surface area (Å²) in [5.41, 5.74) is 0. The average Bonchev–Trinajstić information content (AvgIpc) is 2.72. The molecule has 0 aliphatic carbocycles. The summed E-state index contributed by atoms with van der Waals surface area (Å²) in [6.07, 6.45) is 0.330. The number of nitrogens with one attached hydrogen (secondary N) is 4. The molecule has 0 aromatic rings. The molecule has 0 saturated heterocycles. The molecule has 0 rings (SSSR count). The minimum Gasteiger partial charge on any atom is -0.481 e. The maximum absolute atomic E-state index is 11.6. The van der Waals surface area contributed by atoms with Crippen LogP contribution in [-0.2, 0) is 33.4 Å². The molecule has 0 saturated carbocycles. The summed E-state index contributed by atoms with van der Waals surface area (Å²) in [6, 6.07) is 0. The summed E-state index contributed by atoms with van der Waals surface area (Å²) in [4.78, 5) is 56.4. The van der Waals surface area contributed by atoms with Crippen LogP contribution in [0.2, 0.25) is 0 Å². The Bertz CT molecular complexity index is 585. The van der Waals surface area contributed by atoms with Crippen LogP contribution < -0.4 is 21.3 Å². The fraction of sp³-hybridized carbons (Fsp3) is 0.737. The van der Waals surface area contributed by atoms with Gasteiger partial charge in [-0.2, -0.15) is 0 Å². The summed E-state index contributed by atoms with van der Waals surface area (Å²) >= 11 is 0. The first-order valence-corrected chi connectivity index (χ1v) is 10.2. The van der Waals surface area contributed by atoms with E-state index in [-0.39, 0.29) is 63.4 Å². The van der Waals surface area contributed by atoms with Gasteiger partial charge in [-0.1, -0.05) is 13.8 Å². The Balaban J connectivity index is 3.53. The largest absolute Gasteiger partial charge is 0.481 e. The van der Waals surface area contributed by atoms with E-state index in [0.717, 1.165) is 0 Å². The van der Waals surface area contributed by atoms with Gasteiger partial charge in [-0.25, -0.2) is 0 Å². The van der Waals surface area contributed by atoms with Gasteiger partial charge in [0, 0.05) is 45.4 Å². The highest BCUT2D eigenvalue weighted by molar-refractivity contribution is 5.82. The molecule has 4 amide bonds. The number of carbonyl (C=O) groups excluding carboxylic acids is 4. The van der Waals surface area contributed by atoms with Gasteiger partial charge in [0.15, 0.2) is 0 Å². The van der Waals surface area contributed by atoms with Crippen molar-refractivity contribution in [3.05, 3.63) is 0 Å². The normalized spacial score (nSPS) is 11.3. The minimum absolute atomic E-state index is 0.0397. The van der Waals surface area contributed by atoms with E-state index in [1.165, 1.54) is 6.92 Å². The van der Waals surface area contributed by atoms with E-state index in [4.69, 9.17) is 14.6 Å². The predicted octanol–water partition coefficient (Wildman–Crippen LogP) is -1.60. The van der Waals surface area contributed by atoms with Crippen molar-refractivity contribution in [2.75, 3.05) is 52.6 Å². The van der Waals surface area contributed by atoms with Gasteiger partial charge in [-0.3, -0.25) is 24.0 Å². The molecule has 1 unspecified atom stereocenters. The lowest BCUT2D eigenvalue weighted by atomic mass is 10.1. The lowest BCUT2D eigenvalue weighted by Gasteiger charge is -2.09. The number of amides is 4. The van der Waals surface area contributed by atoms with Crippen LogP contribution in [0.4, 0.5) is 0 Å². The molecule has 0 aliphatic heterocycles. The lowest BCUT2D eigenvalue weighted by Crippen LogP contribution is -2.37. The number of rotatable bonds is 18. The van der Waals surface area contributed by atoms with E-state index >= 15 is 0 Å². The highest BCUT2D eigenvalue weighted by atomic mass is 16.5. The van der Waals surface area contributed by atoms with Crippen LogP contribution in [-0.4, -0.2) is 87.3 Å². The molecule has 0 aliphatic rings. The van der Waals surface area contributed by atoms with Crippen LogP contribution in [0.3, 0.4) is 0 Å². The Morgan fingerprint density at radius 1 is 0.742 bits per heavy atom. The van der Waals surface area contributed by atoms with E-state index in [1.807, 2.05) is 0 Å². The standard InChI is InChI=1S/C19H34N4O8/c1-3-15(24)23-8-9-30-10-11-31-13-18(27)22-7-6-21-16(25)4-5-20-17(26)12-14(2)19(28)29/h14H,3-13H2,1-2H3,(H,20,26)(H,21,25)(H,22,27)(H,23,24)(H,28,29). The van der Waals surface area contributed by atoms with Gasteiger partial charge in [0.2, 0.25) is 23.6 Å². The van der Waals surface area contributed by atoms with Crippen LogP contribution in [0.25, 0.3) is 0 Å². The Labute approximate surface area is 181 Å². The highest BCUT2D eigenvalue weighted by Crippen LogP contribution is 2.00. The Morgan fingerprint density at radius 3 is 1.97 bits per heavy atom. The van der Waals surface area contributed by atoms with Gasteiger partial charge in [-0.05, 0) is 0 Å². The fourth-order valence-corrected chi connectivity index (χ4v) is 2.07. The number of carbonyl (C=O) groups is 5. The van der Waals surface area contributed by atoms with Crippen molar-refractivity contribution in [1.82, 2.24) is 21.3 Å². The van der Waals surface area contributed by atoms with Crippen molar-refractivity contribution >= 4 is 29.6 Å². The van der Waals surface area contributed by atoms with Crippen molar-refractivity contribution in [3.63, 3.8) is 0 Å². The summed E-state index contributed by atoms with van der Waals surface area (Å²) in [6.45, 7) is 4.94. The van der Waals surface area contributed by atoms with E-state index in [1.54, 1.807) is 6.92 Å². The quantitative estimate of drug-likeness (QED) is 0.157. The maximum atomic E-state index is 11.6. The molecular formula is C19H34N4O8. The molecule has 12 heteroatoms. The molecule has 1 atom stereocenters. The van der Waals surface area contributed by atoms with Crippen LogP contribution in [0.15, 0.2) is 0 Å². The van der Waals surface area contributed by atoms with Crippen molar-refractivity contribution in [3.8, 4) is 0 Å². The molecule has 0 radical (unpaired) electrons. The second kappa shape index (κ2) is 18.1. The van der Waals surface area contributed by atoms with E-state index < -0.39 is 17.8 Å². The second-order valence-electron chi connectivity index (χ2n) is 6.61. The molecule has 31 heavy (non-hydrogen) atoms. The first kappa shape index (κ1) is 28.3. The number of hydrogen-bond donors (Lipinski definition) is 5. The Hall–Kier alpha value is -2.73. The monoisotopic (exact) mass is 446 g/mol. The Morgan fingerprint density at radius 2 is 1.32 bits per heavy atom. The zero-order valence-electron chi connectivity index (χ0n) is 18.2. The molecule has 12 nitrogen and oxygen atoms in total. The second-order valence-corrected chi connectivity index (χ2v) is 6.61. The topological polar surface area (TPSA) is 172 Å². The van der Waals surface area contributed by atoms with Gasteiger partial charge in [0.05, 0.1) is 25.7 Å². The summed E-state index contributed by atoms with van der Waals surface area (Å²) < 4.78 is 10.4. The third kappa shape index (κ3) is 17.8. The van der Waals surface area contributed by atoms with Crippen LogP contribution in [0, 0.1) is 5.92 Å². The fourth-order valence-electron chi connectivity index (χ4n) is 2.07. The summed E-state index contributed by atoms with van der Waals surface area (Å²) in [5, 5.41) is 19.0. The van der Waals surface area contributed by atoms with Gasteiger partial charge in [0.1, 0.15) is 6.61 Å². The SMILES string of the molecule is CCC(=O)NCCOCCOCC(=O)NCCNC(=O)CCNC(=O)CC(C)C(=O)O. The zero-order chi connectivity index (χ0) is 23.5. The summed E-state index contributed by atoms with van der Waals surface area (Å²) in [7, 11) is 0.